The van der Waals surface area contributed by atoms with Crippen molar-refractivity contribution >= 4 is 26.0 Å². The van der Waals surface area contributed by atoms with Crippen molar-refractivity contribution in [1.29, 1.82) is 0 Å². The Kier molecular flexibility index (Phi) is 4.67. The molecular weight excluding hydrogens is 260 g/mol. The standard InChI is InChI=1S/C14H22O2SSi/c1-14(2,3)18(5,6)16-13(15)11-7-9-12(17-4)10-8-11/h7-10H,1-6H3. The van der Waals surface area contributed by atoms with Crippen LogP contribution in [0.3, 0.4) is 0 Å². The highest BCUT2D eigenvalue weighted by atomic mass is 32.2. The van der Waals surface area contributed by atoms with Gasteiger partial charge in [0.1, 0.15) is 0 Å². The molecule has 0 aromatic heterocycles. The Bertz CT molecular complexity index is 418. The second-order valence-electron chi connectivity index (χ2n) is 5.88. The zero-order valence-corrected chi connectivity index (χ0v) is 13.9. The van der Waals surface area contributed by atoms with Crippen LogP contribution < -0.4 is 0 Å². The molecule has 0 fully saturated rings. The van der Waals surface area contributed by atoms with E-state index in [0.29, 0.717) is 5.56 Å². The van der Waals surface area contributed by atoms with Gasteiger partial charge in [0.25, 0.3) is 8.32 Å². The van der Waals surface area contributed by atoms with Crippen LogP contribution in [0.5, 0.6) is 0 Å². The van der Waals surface area contributed by atoms with Gasteiger partial charge < -0.3 is 4.43 Å². The van der Waals surface area contributed by atoms with Gasteiger partial charge in [0.2, 0.25) is 0 Å². The lowest BCUT2D eigenvalue weighted by molar-refractivity contribution is 0.0712. The number of hydrogen-bond donors (Lipinski definition) is 0. The Morgan fingerprint density at radius 3 is 2.06 bits per heavy atom. The Labute approximate surface area is 115 Å². The van der Waals surface area contributed by atoms with E-state index in [-0.39, 0.29) is 11.0 Å². The molecule has 0 heterocycles. The molecule has 0 radical (unpaired) electrons. The fraction of sp³-hybridized carbons (Fsp3) is 0.500. The Balaban J connectivity index is 2.82. The molecule has 18 heavy (non-hydrogen) atoms. The van der Waals surface area contributed by atoms with Crippen LogP contribution in [0.15, 0.2) is 29.2 Å². The predicted octanol–water partition coefficient (Wildman–Crippen LogP) is 4.57. The summed E-state index contributed by atoms with van der Waals surface area (Å²) in [7, 11) is -2.03. The summed E-state index contributed by atoms with van der Waals surface area (Å²) in [6.07, 6.45) is 2.02. The molecule has 0 amide bonds. The molecule has 0 atom stereocenters. The highest BCUT2D eigenvalue weighted by Crippen LogP contribution is 2.37. The molecule has 2 nitrogen and oxygen atoms in total. The molecule has 1 aromatic carbocycles. The lowest BCUT2D eigenvalue weighted by Gasteiger charge is -2.35. The van der Waals surface area contributed by atoms with Crippen LogP contribution in [0, 0.1) is 0 Å². The van der Waals surface area contributed by atoms with Crippen molar-refractivity contribution in [2.45, 2.75) is 43.8 Å². The molecule has 0 unspecified atom stereocenters. The van der Waals surface area contributed by atoms with Crippen LogP contribution >= 0.6 is 11.8 Å². The van der Waals surface area contributed by atoms with Gasteiger partial charge in [0.15, 0.2) is 0 Å². The van der Waals surface area contributed by atoms with Gasteiger partial charge in [-0.1, -0.05) is 20.8 Å². The Morgan fingerprint density at radius 1 is 1.17 bits per heavy atom. The third-order valence-corrected chi connectivity index (χ3v) is 8.53. The Morgan fingerprint density at radius 2 is 1.67 bits per heavy atom. The highest BCUT2D eigenvalue weighted by molar-refractivity contribution is 7.98. The van der Waals surface area contributed by atoms with E-state index in [9.17, 15) is 4.79 Å². The van der Waals surface area contributed by atoms with E-state index in [0.717, 1.165) is 4.90 Å². The molecule has 1 rings (SSSR count). The molecule has 1 aromatic rings. The van der Waals surface area contributed by atoms with Crippen molar-refractivity contribution in [3.05, 3.63) is 29.8 Å². The molecule has 100 valence electrons. The summed E-state index contributed by atoms with van der Waals surface area (Å²) in [5, 5.41) is 0.0435. The SMILES string of the molecule is CSc1ccc(C(=O)O[Si](C)(C)C(C)(C)C)cc1. The molecule has 0 aliphatic carbocycles. The molecule has 0 spiro atoms. The maximum Gasteiger partial charge on any atom is 0.324 e. The second kappa shape index (κ2) is 5.49. The molecule has 0 aliphatic rings. The summed E-state index contributed by atoms with van der Waals surface area (Å²) >= 11 is 1.66. The van der Waals surface area contributed by atoms with Crippen LogP contribution in [0.25, 0.3) is 0 Å². The van der Waals surface area contributed by atoms with Crippen molar-refractivity contribution in [3.63, 3.8) is 0 Å². The van der Waals surface area contributed by atoms with E-state index in [4.69, 9.17) is 4.43 Å². The van der Waals surface area contributed by atoms with Crippen molar-refractivity contribution in [3.8, 4) is 0 Å². The molecule has 0 N–H and O–H groups in total. The number of hydrogen-bond acceptors (Lipinski definition) is 3. The van der Waals surface area contributed by atoms with Crippen LogP contribution in [0.1, 0.15) is 31.1 Å². The zero-order valence-electron chi connectivity index (χ0n) is 12.0. The minimum atomic E-state index is -2.03. The van der Waals surface area contributed by atoms with Crippen LogP contribution in [-0.2, 0) is 4.43 Å². The maximum absolute atomic E-state index is 12.1. The minimum absolute atomic E-state index is 0.0435. The van der Waals surface area contributed by atoms with E-state index in [1.54, 1.807) is 11.8 Å². The first-order chi connectivity index (χ1) is 8.17. The first-order valence-corrected chi connectivity index (χ1v) is 10.2. The fourth-order valence-electron chi connectivity index (χ4n) is 1.17. The molecule has 0 saturated heterocycles. The quantitative estimate of drug-likeness (QED) is 0.600. The normalized spacial score (nSPS) is 12.3. The summed E-state index contributed by atoms with van der Waals surface area (Å²) < 4.78 is 5.75. The van der Waals surface area contributed by atoms with E-state index >= 15 is 0 Å². The first kappa shape index (κ1) is 15.3. The molecule has 0 saturated carbocycles. The van der Waals surface area contributed by atoms with Crippen molar-refractivity contribution in [1.82, 2.24) is 0 Å². The number of carbonyl (C=O) groups is 1. The molecule has 4 heteroatoms. The lowest BCUT2D eigenvalue weighted by atomic mass is 10.2. The monoisotopic (exact) mass is 282 g/mol. The summed E-state index contributed by atoms with van der Waals surface area (Å²) in [6.45, 7) is 10.6. The summed E-state index contributed by atoms with van der Waals surface area (Å²) in [5.41, 5.74) is 0.637. The fourth-order valence-corrected chi connectivity index (χ4v) is 2.47. The third-order valence-electron chi connectivity index (χ3n) is 3.48. The number of benzene rings is 1. The van der Waals surface area contributed by atoms with Gasteiger partial charge in [-0.05, 0) is 48.7 Å². The highest BCUT2D eigenvalue weighted by Gasteiger charge is 2.40. The van der Waals surface area contributed by atoms with Gasteiger partial charge >= 0.3 is 5.97 Å². The van der Waals surface area contributed by atoms with E-state index < -0.39 is 8.32 Å². The second-order valence-corrected chi connectivity index (χ2v) is 11.5. The molecular formula is C14H22O2SSi. The smallest absolute Gasteiger partial charge is 0.324 e. The van der Waals surface area contributed by atoms with Crippen molar-refractivity contribution < 1.29 is 9.22 Å². The van der Waals surface area contributed by atoms with E-state index in [1.807, 2.05) is 30.5 Å². The van der Waals surface area contributed by atoms with Gasteiger partial charge in [-0.25, -0.2) is 4.79 Å². The number of carbonyl (C=O) groups excluding carboxylic acids is 1. The summed E-state index contributed by atoms with van der Waals surface area (Å²) in [4.78, 5) is 13.3. The van der Waals surface area contributed by atoms with Gasteiger partial charge in [-0.15, -0.1) is 11.8 Å². The van der Waals surface area contributed by atoms with Crippen LogP contribution in [0.4, 0.5) is 0 Å². The average Bonchev–Trinajstić information content (AvgIpc) is 2.27. The third kappa shape index (κ3) is 3.62. The Hall–Kier alpha value is -0.743. The summed E-state index contributed by atoms with van der Waals surface area (Å²) in [5.74, 6) is -0.200. The van der Waals surface area contributed by atoms with Gasteiger partial charge in [0, 0.05) is 4.90 Å². The molecule has 0 aliphatic heterocycles. The lowest BCUT2D eigenvalue weighted by Crippen LogP contribution is -2.42. The van der Waals surface area contributed by atoms with E-state index in [2.05, 4.69) is 33.9 Å². The number of rotatable bonds is 3. The van der Waals surface area contributed by atoms with Crippen LogP contribution in [-0.4, -0.2) is 20.5 Å². The van der Waals surface area contributed by atoms with Crippen molar-refractivity contribution in [2.24, 2.45) is 0 Å². The number of thioether (sulfide) groups is 1. The van der Waals surface area contributed by atoms with E-state index in [1.165, 1.54) is 0 Å². The van der Waals surface area contributed by atoms with Gasteiger partial charge in [-0.3, -0.25) is 0 Å². The zero-order chi connectivity index (χ0) is 14.0. The van der Waals surface area contributed by atoms with Gasteiger partial charge in [-0.2, -0.15) is 0 Å². The minimum Gasteiger partial charge on any atom is -0.516 e. The first-order valence-electron chi connectivity index (χ1n) is 6.05. The average molecular weight is 282 g/mol. The predicted molar refractivity (Wildman–Crippen MR) is 80.8 cm³/mol. The van der Waals surface area contributed by atoms with Crippen LogP contribution in [0.2, 0.25) is 18.1 Å². The summed E-state index contributed by atoms with van der Waals surface area (Å²) in [6, 6.07) is 7.57. The topological polar surface area (TPSA) is 26.3 Å². The van der Waals surface area contributed by atoms with Gasteiger partial charge in [0.05, 0.1) is 5.56 Å². The maximum atomic E-state index is 12.1. The molecule has 0 bridgehead atoms. The van der Waals surface area contributed by atoms with Crippen molar-refractivity contribution in [2.75, 3.05) is 6.26 Å². The largest absolute Gasteiger partial charge is 0.516 e.